The third kappa shape index (κ3) is 2.90. The molecule has 116 valence electrons. The molecule has 1 aliphatic carbocycles. The van der Waals surface area contributed by atoms with Crippen molar-refractivity contribution in [3.63, 3.8) is 0 Å². The smallest absolute Gasteiger partial charge is 0.232 e. The van der Waals surface area contributed by atoms with Crippen LogP contribution in [0.3, 0.4) is 0 Å². The summed E-state index contributed by atoms with van der Waals surface area (Å²) in [6.07, 6.45) is 2.46. The number of hydrogen-bond donors (Lipinski definition) is 1. The predicted molar refractivity (Wildman–Crippen MR) is 82.4 cm³/mol. The average molecular weight is 300 g/mol. The van der Waals surface area contributed by atoms with Crippen LogP contribution in [0.5, 0.6) is 0 Å². The summed E-state index contributed by atoms with van der Waals surface area (Å²) >= 11 is 0. The van der Waals surface area contributed by atoms with Crippen LogP contribution >= 0.6 is 0 Å². The van der Waals surface area contributed by atoms with Crippen LogP contribution in [0, 0.1) is 0 Å². The standard InChI is InChI=1S/C17H20N2O3/c1-21-11-5-10-18-16(20)17(8-9-17)15-12-14(22-19-15)13-6-3-2-4-7-13/h2-4,6-7,12H,5,8-11H2,1H3,(H,18,20). The van der Waals surface area contributed by atoms with Crippen LogP contribution in [0.4, 0.5) is 0 Å². The normalized spacial score (nSPS) is 15.5. The highest BCUT2D eigenvalue weighted by molar-refractivity contribution is 5.91. The number of hydrogen-bond acceptors (Lipinski definition) is 4. The van der Waals surface area contributed by atoms with Crippen molar-refractivity contribution in [1.29, 1.82) is 0 Å². The molecule has 1 heterocycles. The number of benzene rings is 1. The summed E-state index contributed by atoms with van der Waals surface area (Å²) in [5.41, 5.74) is 1.21. The fourth-order valence-electron chi connectivity index (χ4n) is 2.55. The minimum Gasteiger partial charge on any atom is -0.385 e. The van der Waals surface area contributed by atoms with E-state index in [-0.39, 0.29) is 5.91 Å². The van der Waals surface area contributed by atoms with Crippen LogP contribution in [0.1, 0.15) is 25.0 Å². The fourth-order valence-corrected chi connectivity index (χ4v) is 2.55. The maximum absolute atomic E-state index is 12.4. The lowest BCUT2D eigenvalue weighted by Crippen LogP contribution is -2.35. The van der Waals surface area contributed by atoms with Gasteiger partial charge >= 0.3 is 0 Å². The van der Waals surface area contributed by atoms with Crippen LogP contribution in [-0.4, -0.2) is 31.3 Å². The van der Waals surface area contributed by atoms with Gasteiger partial charge in [0, 0.05) is 31.9 Å². The first-order chi connectivity index (χ1) is 10.8. The molecule has 1 aromatic heterocycles. The molecule has 0 saturated heterocycles. The maximum atomic E-state index is 12.4. The van der Waals surface area contributed by atoms with Crippen molar-refractivity contribution in [2.75, 3.05) is 20.3 Å². The molecule has 1 aliphatic rings. The predicted octanol–water partition coefficient (Wildman–Crippen LogP) is 2.53. The Morgan fingerprint density at radius 2 is 2.14 bits per heavy atom. The van der Waals surface area contributed by atoms with Gasteiger partial charge in [-0.15, -0.1) is 0 Å². The molecule has 0 bridgehead atoms. The number of ether oxygens (including phenoxy) is 1. The van der Waals surface area contributed by atoms with Crippen LogP contribution in [-0.2, 0) is 14.9 Å². The Balaban J connectivity index is 1.68. The molecule has 1 aromatic carbocycles. The van der Waals surface area contributed by atoms with E-state index in [1.165, 1.54) is 0 Å². The van der Waals surface area contributed by atoms with Gasteiger partial charge in [0.05, 0.1) is 11.1 Å². The molecule has 2 aromatic rings. The van der Waals surface area contributed by atoms with Crippen molar-refractivity contribution in [3.05, 3.63) is 42.1 Å². The van der Waals surface area contributed by atoms with Gasteiger partial charge in [-0.1, -0.05) is 35.5 Å². The van der Waals surface area contributed by atoms with Gasteiger partial charge in [-0.2, -0.15) is 0 Å². The number of nitrogens with zero attached hydrogens (tertiary/aromatic N) is 1. The Hall–Kier alpha value is -2.14. The number of amides is 1. The van der Waals surface area contributed by atoms with Crippen LogP contribution in [0.25, 0.3) is 11.3 Å². The Morgan fingerprint density at radius 3 is 2.82 bits per heavy atom. The lowest BCUT2D eigenvalue weighted by molar-refractivity contribution is -0.123. The Labute approximate surface area is 129 Å². The van der Waals surface area contributed by atoms with Gasteiger partial charge in [-0.05, 0) is 19.3 Å². The monoisotopic (exact) mass is 300 g/mol. The molecule has 3 rings (SSSR count). The zero-order valence-corrected chi connectivity index (χ0v) is 12.7. The molecule has 0 radical (unpaired) electrons. The second-order valence-electron chi connectivity index (χ2n) is 5.63. The zero-order chi connectivity index (χ0) is 15.4. The molecule has 1 saturated carbocycles. The zero-order valence-electron chi connectivity index (χ0n) is 12.7. The van der Waals surface area contributed by atoms with Crippen molar-refractivity contribution in [2.45, 2.75) is 24.7 Å². The summed E-state index contributed by atoms with van der Waals surface area (Å²) in [7, 11) is 1.66. The van der Waals surface area contributed by atoms with E-state index in [1.54, 1.807) is 7.11 Å². The largest absolute Gasteiger partial charge is 0.385 e. The Bertz CT molecular complexity index is 632. The molecule has 1 N–H and O–H groups in total. The van der Waals surface area contributed by atoms with E-state index in [0.717, 1.165) is 30.5 Å². The molecule has 0 spiro atoms. The molecule has 5 nitrogen and oxygen atoms in total. The van der Waals surface area contributed by atoms with Gasteiger partial charge in [0.2, 0.25) is 5.91 Å². The van der Waals surface area contributed by atoms with Gasteiger partial charge in [0.1, 0.15) is 0 Å². The van der Waals surface area contributed by atoms with Gasteiger partial charge in [-0.25, -0.2) is 0 Å². The van der Waals surface area contributed by atoms with E-state index in [2.05, 4.69) is 10.5 Å². The number of carbonyl (C=O) groups is 1. The van der Waals surface area contributed by atoms with Gasteiger partial charge < -0.3 is 14.6 Å². The van der Waals surface area contributed by atoms with E-state index >= 15 is 0 Å². The van der Waals surface area contributed by atoms with Crippen LogP contribution < -0.4 is 5.32 Å². The molecular formula is C17H20N2O3. The highest BCUT2D eigenvalue weighted by atomic mass is 16.5. The average Bonchev–Trinajstić information content (AvgIpc) is 3.22. The topological polar surface area (TPSA) is 64.4 Å². The second-order valence-corrected chi connectivity index (χ2v) is 5.63. The number of nitrogens with one attached hydrogen (secondary N) is 1. The third-order valence-electron chi connectivity index (χ3n) is 4.05. The van der Waals surface area contributed by atoms with E-state index in [1.807, 2.05) is 36.4 Å². The first-order valence-corrected chi connectivity index (χ1v) is 7.56. The summed E-state index contributed by atoms with van der Waals surface area (Å²) in [6, 6.07) is 11.7. The highest BCUT2D eigenvalue weighted by Gasteiger charge is 2.53. The quantitative estimate of drug-likeness (QED) is 0.798. The number of methoxy groups -OCH3 is 1. The van der Waals surface area contributed by atoms with E-state index in [4.69, 9.17) is 9.26 Å². The van der Waals surface area contributed by atoms with Crippen molar-refractivity contribution in [2.24, 2.45) is 0 Å². The van der Waals surface area contributed by atoms with Crippen molar-refractivity contribution >= 4 is 5.91 Å². The van der Waals surface area contributed by atoms with Gasteiger partial charge in [0.25, 0.3) is 0 Å². The lowest BCUT2D eigenvalue weighted by atomic mass is 10.0. The maximum Gasteiger partial charge on any atom is 0.232 e. The van der Waals surface area contributed by atoms with Crippen LogP contribution in [0.15, 0.2) is 40.9 Å². The van der Waals surface area contributed by atoms with Gasteiger partial charge in [0.15, 0.2) is 5.76 Å². The molecule has 0 atom stereocenters. The Kier molecular flexibility index (Phi) is 4.24. The SMILES string of the molecule is COCCCNC(=O)C1(c2cc(-c3ccccc3)on2)CC1. The van der Waals surface area contributed by atoms with E-state index in [9.17, 15) is 4.79 Å². The van der Waals surface area contributed by atoms with Crippen molar-refractivity contribution < 1.29 is 14.1 Å². The summed E-state index contributed by atoms with van der Waals surface area (Å²) in [4.78, 5) is 12.4. The lowest BCUT2D eigenvalue weighted by Gasteiger charge is -2.12. The molecule has 0 unspecified atom stereocenters. The number of aromatic nitrogens is 1. The molecule has 22 heavy (non-hydrogen) atoms. The summed E-state index contributed by atoms with van der Waals surface area (Å²) in [5, 5.41) is 7.10. The minimum atomic E-state index is -0.496. The van der Waals surface area contributed by atoms with E-state index < -0.39 is 5.41 Å². The first-order valence-electron chi connectivity index (χ1n) is 7.56. The van der Waals surface area contributed by atoms with Crippen molar-refractivity contribution in [1.82, 2.24) is 10.5 Å². The first kappa shape index (κ1) is 14.8. The summed E-state index contributed by atoms with van der Waals surface area (Å²) in [5.74, 6) is 0.741. The Morgan fingerprint density at radius 1 is 1.36 bits per heavy atom. The molecule has 5 heteroatoms. The van der Waals surface area contributed by atoms with E-state index in [0.29, 0.717) is 18.9 Å². The minimum absolute atomic E-state index is 0.0384. The molecule has 1 amide bonds. The molecule has 0 aliphatic heterocycles. The van der Waals surface area contributed by atoms with Crippen LogP contribution in [0.2, 0.25) is 0 Å². The second kappa shape index (κ2) is 6.32. The fraction of sp³-hybridized carbons (Fsp3) is 0.412. The third-order valence-corrected chi connectivity index (χ3v) is 4.05. The number of rotatable bonds is 7. The highest BCUT2D eigenvalue weighted by Crippen LogP contribution is 2.48. The molecular weight excluding hydrogens is 280 g/mol. The van der Waals surface area contributed by atoms with Crippen molar-refractivity contribution in [3.8, 4) is 11.3 Å². The summed E-state index contributed by atoms with van der Waals surface area (Å²) < 4.78 is 10.4. The van der Waals surface area contributed by atoms with Gasteiger partial charge in [-0.3, -0.25) is 4.79 Å². The molecule has 1 fully saturated rings. The number of carbonyl (C=O) groups excluding carboxylic acids is 1. The summed E-state index contributed by atoms with van der Waals surface area (Å²) in [6.45, 7) is 1.27.